The molecule has 2 heterocycles. The van der Waals surface area contributed by atoms with E-state index in [1.165, 1.54) is 22.2 Å². The minimum atomic E-state index is -0.536. The van der Waals surface area contributed by atoms with Crippen LogP contribution in [-0.4, -0.2) is 33.2 Å². The maximum Gasteiger partial charge on any atom is 0.343 e. The Labute approximate surface area is 141 Å². The Morgan fingerprint density at radius 2 is 2.21 bits per heavy atom. The lowest BCUT2D eigenvalue weighted by Crippen LogP contribution is -2.17. The van der Waals surface area contributed by atoms with E-state index in [0.29, 0.717) is 10.7 Å². The molecule has 124 valence electrons. The summed E-state index contributed by atoms with van der Waals surface area (Å²) in [7, 11) is 1.63. The van der Waals surface area contributed by atoms with Crippen molar-refractivity contribution in [3.63, 3.8) is 0 Å². The molecule has 0 radical (unpaired) electrons. The van der Waals surface area contributed by atoms with Gasteiger partial charge < -0.3 is 15.8 Å². The first-order chi connectivity index (χ1) is 11.5. The first kappa shape index (κ1) is 15.9. The molecule has 1 aromatic carbocycles. The molecule has 0 aliphatic heterocycles. The summed E-state index contributed by atoms with van der Waals surface area (Å²) in [6.07, 6.45) is 1.36. The average Bonchev–Trinajstić information content (AvgIpc) is 3.09. The number of esters is 1. The van der Waals surface area contributed by atoms with Gasteiger partial charge in [-0.05, 0) is 25.1 Å². The third-order valence-corrected chi connectivity index (χ3v) is 4.18. The van der Waals surface area contributed by atoms with Crippen molar-refractivity contribution in [1.82, 2.24) is 14.8 Å². The molecule has 0 aliphatic rings. The number of hydrogen-bond donors (Lipinski definition) is 2. The molecule has 8 nitrogen and oxygen atoms in total. The van der Waals surface area contributed by atoms with Crippen LogP contribution in [0.25, 0.3) is 10.2 Å². The van der Waals surface area contributed by atoms with Crippen molar-refractivity contribution in [3.8, 4) is 0 Å². The number of carbonyl (C=O) groups is 2. The Morgan fingerprint density at radius 1 is 1.42 bits per heavy atom. The van der Waals surface area contributed by atoms with Gasteiger partial charge in [-0.3, -0.25) is 9.48 Å². The first-order valence-electron chi connectivity index (χ1n) is 7.16. The number of aromatic nitrogens is 3. The zero-order chi connectivity index (χ0) is 17.3. The number of thiazole rings is 1. The van der Waals surface area contributed by atoms with Gasteiger partial charge in [-0.2, -0.15) is 5.10 Å². The topological polar surface area (TPSA) is 112 Å². The van der Waals surface area contributed by atoms with Crippen LogP contribution in [0, 0.1) is 0 Å². The van der Waals surface area contributed by atoms with Gasteiger partial charge in [0.25, 0.3) is 5.91 Å². The van der Waals surface area contributed by atoms with E-state index in [2.05, 4.69) is 15.4 Å². The van der Waals surface area contributed by atoms with Crippen LogP contribution in [0.3, 0.4) is 0 Å². The second kappa shape index (κ2) is 6.28. The minimum Gasteiger partial charge on any atom is -0.462 e. The van der Waals surface area contributed by atoms with Crippen molar-refractivity contribution < 1.29 is 14.3 Å². The lowest BCUT2D eigenvalue weighted by Gasteiger charge is -2.08. The lowest BCUT2D eigenvalue weighted by atomic mass is 10.2. The number of nitrogens with two attached hydrogens (primary N) is 1. The van der Waals surface area contributed by atoms with Crippen LogP contribution in [0.4, 0.5) is 10.9 Å². The highest BCUT2D eigenvalue weighted by Gasteiger charge is 2.20. The van der Waals surface area contributed by atoms with Crippen molar-refractivity contribution in [3.05, 3.63) is 35.5 Å². The first-order valence-corrected chi connectivity index (χ1v) is 7.97. The predicted molar refractivity (Wildman–Crippen MR) is 91.2 cm³/mol. The van der Waals surface area contributed by atoms with E-state index < -0.39 is 5.97 Å². The van der Waals surface area contributed by atoms with Gasteiger partial charge in [0, 0.05) is 12.6 Å². The molecule has 0 fully saturated rings. The van der Waals surface area contributed by atoms with Crippen molar-refractivity contribution in [2.24, 2.45) is 7.05 Å². The molecule has 0 saturated carbocycles. The standard InChI is InChI=1S/C15H15N5O3S/c1-3-23-14(22)9-7-17-20(2)12(9)19-13(21)8-4-5-10-11(6-8)24-15(16)18-10/h4-7H,3H2,1-2H3,(H2,16,18)(H,19,21). The summed E-state index contributed by atoms with van der Waals surface area (Å²) in [5, 5.41) is 7.14. The van der Waals surface area contributed by atoms with Crippen molar-refractivity contribution in [2.75, 3.05) is 17.7 Å². The fraction of sp³-hybridized carbons (Fsp3) is 0.200. The average molecular weight is 345 g/mol. The number of fused-ring (bicyclic) bond motifs is 1. The normalized spacial score (nSPS) is 10.8. The molecule has 3 aromatic rings. The number of nitrogen functional groups attached to an aromatic ring is 1. The van der Waals surface area contributed by atoms with Crippen LogP contribution in [0.5, 0.6) is 0 Å². The Hall–Kier alpha value is -2.94. The fourth-order valence-corrected chi connectivity index (χ4v) is 2.98. The van der Waals surface area contributed by atoms with Gasteiger partial charge in [-0.25, -0.2) is 9.78 Å². The second-order valence-electron chi connectivity index (χ2n) is 4.94. The third kappa shape index (κ3) is 2.93. The van der Waals surface area contributed by atoms with Crippen molar-refractivity contribution in [2.45, 2.75) is 6.92 Å². The fourth-order valence-electron chi connectivity index (χ4n) is 2.21. The quantitative estimate of drug-likeness (QED) is 0.700. The Kier molecular flexibility index (Phi) is 4.17. The van der Waals surface area contributed by atoms with E-state index >= 15 is 0 Å². The van der Waals surface area contributed by atoms with Crippen LogP contribution < -0.4 is 11.1 Å². The minimum absolute atomic E-state index is 0.204. The largest absolute Gasteiger partial charge is 0.462 e. The summed E-state index contributed by atoms with van der Waals surface area (Å²) in [6, 6.07) is 5.09. The van der Waals surface area contributed by atoms with Crippen molar-refractivity contribution in [1.29, 1.82) is 0 Å². The van der Waals surface area contributed by atoms with Gasteiger partial charge in [-0.1, -0.05) is 11.3 Å². The summed E-state index contributed by atoms with van der Waals surface area (Å²) in [5.41, 5.74) is 7.05. The van der Waals surface area contributed by atoms with E-state index in [1.807, 2.05) is 0 Å². The van der Waals surface area contributed by atoms with E-state index in [-0.39, 0.29) is 23.9 Å². The SMILES string of the molecule is CCOC(=O)c1cnn(C)c1NC(=O)c1ccc2nc(N)sc2c1. The maximum atomic E-state index is 12.5. The highest BCUT2D eigenvalue weighted by molar-refractivity contribution is 7.22. The van der Waals surface area contributed by atoms with Crippen LogP contribution in [-0.2, 0) is 11.8 Å². The van der Waals surface area contributed by atoms with Gasteiger partial charge >= 0.3 is 5.97 Å². The number of ether oxygens (including phenoxy) is 1. The number of amides is 1. The van der Waals surface area contributed by atoms with Gasteiger partial charge in [0.15, 0.2) is 5.13 Å². The number of nitrogens with one attached hydrogen (secondary N) is 1. The Balaban J connectivity index is 1.88. The van der Waals surface area contributed by atoms with E-state index in [0.717, 1.165) is 10.2 Å². The van der Waals surface area contributed by atoms with Crippen LogP contribution in [0.1, 0.15) is 27.6 Å². The Bertz CT molecular complexity index is 930. The van der Waals surface area contributed by atoms with Crippen LogP contribution >= 0.6 is 11.3 Å². The second-order valence-corrected chi connectivity index (χ2v) is 6.00. The van der Waals surface area contributed by atoms with Gasteiger partial charge in [0.05, 0.1) is 23.0 Å². The molecule has 0 atom stereocenters. The third-order valence-electron chi connectivity index (χ3n) is 3.33. The number of hydrogen-bond acceptors (Lipinski definition) is 7. The van der Waals surface area contributed by atoms with E-state index in [1.54, 1.807) is 32.2 Å². The van der Waals surface area contributed by atoms with Gasteiger partial charge in [0.2, 0.25) is 0 Å². The molecule has 9 heteroatoms. The molecular formula is C15H15N5O3S. The number of aryl methyl sites for hydroxylation is 1. The zero-order valence-corrected chi connectivity index (χ0v) is 13.9. The molecule has 1 amide bonds. The molecular weight excluding hydrogens is 330 g/mol. The summed E-state index contributed by atoms with van der Waals surface area (Å²) in [4.78, 5) is 28.6. The van der Waals surface area contributed by atoms with E-state index in [9.17, 15) is 9.59 Å². The Morgan fingerprint density at radius 3 is 2.96 bits per heavy atom. The summed E-state index contributed by atoms with van der Waals surface area (Å²) >= 11 is 1.30. The van der Waals surface area contributed by atoms with Crippen LogP contribution in [0.15, 0.2) is 24.4 Å². The molecule has 0 saturated heterocycles. The number of anilines is 2. The molecule has 0 bridgehead atoms. The number of rotatable bonds is 4. The highest BCUT2D eigenvalue weighted by Crippen LogP contribution is 2.25. The highest BCUT2D eigenvalue weighted by atomic mass is 32.1. The van der Waals surface area contributed by atoms with E-state index in [4.69, 9.17) is 10.5 Å². The number of carbonyl (C=O) groups excluding carboxylic acids is 2. The monoisotopic (exact) mass is 345 g/mol. The molecule has 24 heavy (non-hydrogen) atoms. The summed E-state index contributed by atoms with van der Waals surface area (Å²) in [5.74, 6) is -0.619. The molecule has 2 aromatic heterocycles. The van der Waals surface area contributed by atoms with Gasteiger partial charge in [0.1, 0.15) is 11.4 Å². The van der Waals surface area contributed by atoms with Crippen molar-refractivity contribution >= 4 is 44.4 Å². The zero-order valence-electron chi connectivity index (χ0n) is 13.1. The maximum absolute atomic E-state index is 12.5. The lowest BCUT2D eigenvalue weighted by molar-refractivity contribution is 0.0527. The molecule has 3 N–H and O–H groups in total. The molecule has 3 rings (SSSR count). The summed E-state index contributed by atoms with van der Waals surface area (Å²) < 4.78 is 7.19. The smallest absolute Gasteiger partial charge is 0.343 e. The van der Waals surface area contributed by atoms with Crippen LogP contribution in [0.2, 0.25) is 0 Å². The number of nitrogens with zero attached hydrogens (tertiary/aromatic N) is 3. The summed E-state index contributed by atoms with van der Waals surface area (Å²) in [6.45, 7) is 1.95. The molecule has 0 unspecified atom stereocenters. The molecule has 0 aliphatic carbocycles. The van der Waals surface area contributed by atoms with Gasteiger partial charge in [-0.15, -0.1) is 0 Å². The predicted octanol–water partition coefficient (Wildman–Crippen LogP) is 2.04. The molecule has 0 spiro atoms. The number of benzene rings is 1.